The Labute approximate surface area is 95.9 Å². The molecule has 9 nitrogen and oxygen atoms in total. The highest BCUT2D eigenvalue weighted by atomic mass is 16.9. The molecule has 0 bridgehead atoms. The van der Waals surface area contributed by atoms with Crippen LogP contribution in [0.15, 0.2) is 0 Å². The molecule has 1 aliphatic heterocycles. The zero-order chi connectivity index (χ0) is 13.3. The van der Waals surface area contributed by atoms with Gasteiger partial charge >= 0.3 is 5.97 Å². The molecule has 0 N–H and O–H groups in total. The normalized spacial score (nSPS) is 32.0. The summed E-state index contributed by atoms with van der Waals surface area (Å²) in [7, 11) is 0. The van der Waals surface area contributed by atoms with Crippen molar-refractivity contribution in [3.63, 3.8) is 0 Å². The summed E-state index contributed by atoms with van der Waals surface area (Å²) in [5, 5.41) is 19.5. The van der Waals surface area contributed by atoms with E-state index in [1.807, 2.05) is 0 Å². The first-order valence-electron chi connectivity index (χ1n) is 4.79. The number of carbonyl (C=O) groups excluding carboxylic acids is 1. The Kier molecular flexibility index (Phi) is 3.21. The van der Waals surface area contributed by atoms with Crippen molar-refractivity contribution in [1.29, 1.82) is 0 Å². The standard InChI is InChI=1S/C8H12N2O7/c1-7(5-16-10(14)15)3-8(2,4-9(12)13)17-6(7)11/h3-5H2,1-2H3. The van der Waals surface area contributed by atoms with E-state index in [2.05, 4.69) is 4.84 Å². The molecular weight excluding hydrogens is 236 g/mol. The van der Waals surface area contributed by atoms with Crippen molar-refractivity contribution in [1.82, 2.24) is 0 Å². The molecule has 0 aliphatic carbocycles. The average Bonchev–Trinajstić information content (AvgIpc) is 2.33. The predicted molar refractivity (Wildman–Crippen MR) is 52.0 cm³/mol. The zero-order valence-electron chi connectivity index (χ0n) is 9.37. The Balaban J connectivity index is 2.74. The molecule has 0 aromatic rings. The van der Waals surface area contributed by atoms with Crippen LogP contribution in [-0.4, -0.2) is 34.7 Å². The number of nitro groups is 1. The van der Waals surface area contributed by atoms with Gasteiger partial charge in [-0.2, -0.15) is 0 Å². The number of ether oxygens (including phenoxy) is 1. The Morgan fingerprint density at radius 2 is 2.00 bits per heavy atom. The van der Waals surface area contributed by atoms with Gasteiger partial charge in [0.1, 0.15) is 6.61 Å². The van der Waals surface area contributed by atoms with Gasteiger partial charge in [-0.05, 0) is 13.8 Å². The Hall–Kier alpha value is -1.93. The smallest absolute Gasteiger partial charge is 0.314 e. The van der Waals surface area contributed by atoms with E-state index in [1.165, 1.54) is 13.8 Å². The van der Waals surface area contributed by atoms with E-state index in [0.29, 0.717) is 0 Å². The van der Waals surface area contributed by atoms with Gasteiger partial charge in [0.25, 0.3) is 5.09 Å². The van der Waals surface area contributed by atoms with Crippen molar-refractivity contribution in [2.75, 3.05) is 13.2 Å². The fraction of sp³-hybridized carbons (Fsp3) is 0.875. The molecule has 0 spiro atoms. The molecule has 0 saturated carbocycles. The summed E-state index contributed by atoms with van der Waals surface area (Å²) < 4.78 is 4.92. The minimum atomic E-state index is -1.24. The summed E-state index contributed by atoms with van der Waals surface area (Å²) in [6, 6.07) is 0. The number of hydrogen-bond acceptors (Lipinski definition) is 7. The van der Waals surface area contributed by atoms with E-state index < -0.39 is 40.1 Å². The third kappa shape index (κ3) is 3.02. The van der Waals surface area contributed by atoms with E-state index >= 15 is 0 Å². The lowest BCUT2D eigenvalue weighted by atomic mass is 9.83. The van der Waals surface area contributed by atoms with Gasteiger partial charge in [-0.3, -0.25) is 14.9 Å². The molecule has 96 valence electrons. The van der Waals surface area contributed by atoms with Gasteiger partial charge in [0.05, 0.1) is 5.41 Å². The molecule has 0 radical (unpaired) electrons. The van der Waals surface area contributed by atoms with Crippen LogP contribution in [0.25, 0.3) is 0 Å². The molecule has 9 heteroatoms. The second kappa shape index (κ2) is 4.15. The van der Waals surface area contributed by atoms with Crippen molar-refractivity contribution in [2.24, 2.45) is 5.41 Å². The van der Waals surface area contributed by atoms with Gasteiger partial charge in [-0.15, -0.1) is 10.1 Å². The molecule has 1 saturated heterocycles. The highest BCUT2D eigenvalue weighted by Crippen LogP contribution is 2.40. The van der Waals surface area contributed by atoms with E-state index in [0.717, 1.165) is 0 Å². The first kappa shape index (κ1) is 13.1. The van der Waals surface area contributed by atoms with Crippen molar-refractivity contribution >= 4 is 5.97 Å². The largest absolute Gasteiger partial charge is 0.452 e. The summed E-state index contributed by atoms with van der Waals surface area (Å²) in [5.74, 6) is -0.719. The second-order valence-corrected chi connectivity index (χ2v) is 4.56. The molecule has 17 heavy (non-hydrogen) atoms. The van der Waals surface area contributed by atoms with Gasteiger partial charge in [0.2, 0.25) is 6.54 Å². The molecule has 2 unspecified atom stereocenters. The number of carbonyl (C=O) groups is 1. The van der Waals surface area contributed by atoms with Crippen LogP contribution in [0.3, 0.4) is 0 Å². The minimum absolute atomic E-state index is 0.00759. The summed E-state index contributed by atoms with van der Waals surface area (Å²) in [6.07, 6.45) is 0.00759. The fourth-order valence-electron chi connectivity index (χ4n) is 1.95. The molecule has 1 aliphatic rings. The topological polar surface area (TPSA) is 122 Å². The number of nitrogens with zero attached hydrogens (tertiary/aromatic N) is 2. The predicted octanol–water partition coefficient (Wildman–Crippen LogP) is 0.183. The van der Waals surface area contributed by atoms with Gasteiger partial charge in [0, 0.05) is 11.3 Å². The van der Waals surface area contributed by atoms with Crippen LogP contribution in [0.2, 0.25) is 0 Å². The van der Waals surface area contributed by atoms with Crippen LogP contribution < -0.4 is 0 Å². The van der Waals surface area contributed by atoms with E-state index in [1.54, 1.807) is 0 Å². The number of esters is 1. The lowest BCUT2D eigenvalue weighted by Gasteiger charge is -2.19. The fourth-order valence-corrected chi connectivity index (χ4v) is 1.95. The quantitative estimate of drug-likeness (QED) is 0.386. The molecule has 0 aromatic heterocycles. The van der Waals surface area contributed by atoms with E-state index in [-0.39, 0.29) is 6.42 Å². The minimum Gasteiger partial charge on any atom is -0.452 e. The van der Waals surface area contributed by atoms with Crippen molar-refractivity contribution < 1.29 is 24.4 Å². The molecule has 2 atom stereocenters. The Morgan fingerprint density at radius 1 is 1.41 bits per heavy atom. The van der Waals surface area contributed by atoms with Crippen LogP contribution in [0, 0.1) is 25.6 Å². The first-order valence-corrected chi connectivity index (χ1v) is 4.79. The monoisotopic (exact) mass is 248 g/mol. The van der Waals surface area contributed by atoms with Crippen LogP contribution >= 0.6 is 0 Å². The molecular formula is C8H12N2O7. The summed E-state index contributed by atoms with van der Waals surface area (Å²) in [6.45, 7) is 1.84. The molecule has 1 fully saturated rings. The van der Waals surface area contributed by atoms with Crippen LogP contribution in [0.1, 0.15) is 20.3 Å². The third-order valence-corrected chi connectivity index (χ3v) is 2.55. The van der Waals surface area contributed by atoms with Crippen molar-refractivity contribution in [2.45, 2.75) is 25.9 Å². The van der Waals surface area contributed by atoms with Crippen molar-refractivity contribution in [3.8, 4) is 0 Å². The zero-order valence-corrected chi connectivity index (χ0v) is 9.37. The number of rotatable bonds is 5. The maximum atomic E-state index is 11.6. The van der Waals surface area contributed by atoms with Gasteiger partial charge in [0.15, 0.2) is 5.60 Å². The molecule has 1 rings (SSSR count). The van der Waals surface area contributed by atoms with Crippen LogP contribution in [-0.2, 0) is 14.4 Å². The van der Waals surface area contributed by atoms with Gasteiger partial charge in [-0.1, -0.05) is 0 Å². The van der Waals surface area contributed by atoms with Gasteiger partial charge < -0.3 is 9.57 Å². The Morgan fingerprint density at radius 3 is 2.47 bits per heavy atom. The van der Waals surface area contributed by atoms with E-state index in [9.17, 15) is 25.0 Å². The first-order chi connectivity index (χ1) is 7.67. The third-order valence-electron chi connectivity index (χ3n) is 2.55. The average molecular weight is 248 g/mol. The number of hydrogen-bond donors (Lipinski definition) is 0. The SMILES string of the molecule is CC1(C[N+](=O)[O-])CC(C)(CO[N+](=O)[O-])C(=O)O1. The second-order valence-electron chi connectivity index (χ2n) is 4.56. The lowest BCUT2D eigenvalue weighted by Crippen LogP contribution is -2.34. The van der Waals surface area contributed by atoms with E-state index in [4.69, 9.17) is 4.74 Å². The Bertz CT molecular complexity index is 371. The molecule has 0 amide bonds. The van der Waals surface area contributed by atoms with Crippen LogP contribution in [0.5, 0.6) is 0 Å². The maximum absolute atomic E-state index is 11.6. The highest BCUT2D eigenvalue weighted by molar-refractivity contribution is 5.79. The molecule has 0 aromatic carbocycles. The van der Waals surface area contributed by atoms with Crippen LogP contribution in [0.4, 0.5) is 0 Å². The highest BCUT2D eigenvalue weighted by Gasteiger charge is 2.54. The lowest BCUT2D eigenvalue weighted by molar-refractivity contribution is -0.760. The number of cyclic esters (lactones) is 1. The molecule has 1 heterocycles. The summed E-state index contributed by atoms with van der Waals surface area (Å²) in [5.41, 5.74) is -2.47. The van der Waals surface area contributed by atoms with Gasteiger partial charge in [-0.25, -0.2) is 0 Å². The summed E-state index contributed by atoms with van der Waals surface area (Å²) >= 11 is 0. The summed E-state index contributed by atoms with van der Waals surface area (Å²) in [4.78, 5) is 35.6. The van der Waals surface area contributed by atoms with Crippen molar-refractivity contribution in [3.05, 3.63) is 20.2 Å². The maximum Gasteiger partial charge on any atom is 0.314 e.